The van der Waals surface area contributed by atoms with E-state index in [1.807, 2.05) is 36.4 Å². The number of aliphatic hydroxyl groups is 1. The van der Waals surface area contributed by atoms with Crippen LogP contribution >= 0.6 is 0 Å². The highest BCUT2D eigenvalue weighted by atomic mass is 16.5. The van der Waals surface area contributed by atoms with Crippen molar-refractivity contribution in [2.75, 3.05) is 26.0 Å². The first-order valence-electron chi connectivity index (χ1n) is 6.99. The first-order valence-corrected chi connectivity index (χ1v) is 6.99. The third kappa shape index (κ3) is 4.23. The fraction of sp³-hybridized carbons (Fsp3) is 0.235. The van der Waals surface area contributed by atoms with E-state index in [1.54, 1.807) is 32.4 Å². The Balaban J connectivity index is 1.95. The van der Waals surface area contributed by atoms with E-state index >= 15 is 0 Å². The number of likely N-dealkylation sites (N-methyl/N-ethyl adjacent to an activating group) is 1. The van der Waals surface area contributed by atoms with Crippen LogP contribution in [0, 0.1) is 0 Å². The number of hydrogen-bond acceptors (Lipinski definition) is 3. The number of rotatable bonds is 5. The zero-order chi connectivity index (χ0) is 15.9. The zero-order valence-corrected chi connectivity index (χ0v) is 12.7. The van der Waals surface area contributed by atoms with Gasteiger partial charge >= 0.3 is 6.03 Å². The molecule has 1 unspecified atom stereocenters. The largest absolute Gasteiger partial charge is 0.497 e. The van der Waals surface area contributed by atoms with Gasteiger partial charge in [0, 0.05) is 12.7 Å². The van der Waals surface area contributed by atoms with Gasteiger partial charge in [0.05, 0.1) is 19.8 Å². The normalized spacial score (nSPS) is 11.6. The summed E-state index contributed by atoms with van der Waals surface area (Å²) in [5.74, 6) is 0.674. The zero-order valence-electron chi connectivity index (χ0n) is 12.7. The Bertz CT molecular complexity index is 616. The van der Waals surface area contributed by atoms with Gasteiger partial charge in [-0.3, -0.25) is 0 Å². The number of amides is 2. The van der Waals surface area contributed by atoms with Crippen molar-refractivity contribution < 1.29 is 14.6 Å². The Kier molecular flexibility index (Phi) is 5.38. The minimum Gasteiger partial charge on any atom is -0.497 e. The number of anilines is 1. The van der Waals surface area contributed by atoms with Crippen LogP contribution in [0.2, 0.25) is 0 Å². The van der Waals surface area contributed by atoms with Crippen LogP contribution in [0.25, 0.3) is 0 Å². The van der Waals surface area contributed by atoms with Gasteiger partial charge in [-0.1, -0.05) is 30.3 Å². The van der Waals surface area contributed by atoms with Gasteiger partial charge in [-0.2, -0.15) is 0 Å². The molecule has 0 saturated heterocycles. The number of carbonyl (C=O) groups is 1. The fourth-order valence-corrected chi connectivity index (χ4v) is 2.04. The highest BCUT2D eigenvalue weighted by molar-refractivity contribution is 5.89. The minimum atomic E-state index is -0.776. The lowest BCUT2D eigenvalue weighted by Gasteiger charge is -2.21. The number of methoxy groups -OCH3 is 1. The molecule has 2 amide bonds. The second-order valence-corrected chi connectivity index (χ2v) is 4.97. The molecule has 5 heteroatoms. The molecule has 0 saturated carbocycles. The average Bonchev–Trinajstić information content (AvgIpc) is 2.55. The molecule has 0 heterocycles. The van der Waals surface area contributed by atoms with Gasteiger partial charge in [0.2, 0.25) is 0 Å². The molecule has 0 spiro atoms. The van der Waals surface area contributed by atoms with Crippen LogP contribution in [0.15, 0.2) is 54.6 Å². The standard InChI is InChI=1S/C17H20N2O3/c1-19(17(21)18-14-8-4-3-5-9-14)12-16(20)13-7-6-10-15(11-13)22-2/h3-11,16,20H,12H2,1-2H3,(H,18,21). The van der Waals surface area contributed by atoms with E-state index in [1.165, 1.54) is 4.90 Å². The smallest absolute Gasteiger partial charge is 0.321 e. The molecule has 0 aromatic heterocycles. The van der Waals surface area contributed by atoms with Crippen molar-refractivity contribution in [3.8, 4) is 5.75 Å². The molecule has 22 heavy (non-hydrogen) atoms. The number of nitrogens with zero attached hydrogens (tertiary/aromatic N) is 1. The molecular weight excluding hydrogens is 280 g/mol. The van der Waals surface area contributed by atoms with Gasteiger partial charge in [-0.15, -0.1) is 0 Å². The molecule has 2 aromatic carbocycles. The van der Waals surface area contributed by atoms with Crippen molar-refractivity contribution in [3.05, 3.63) is 60.2 Å². The van der Waals surface area contributed by atoms with E-state index in [4.69, 9.17) is 4.74 Å². The number of benzene rings is 2. The van der Waals surface area contributed by atoms with Gasteiger partial charge in [-0.05, 0) is 29.8 Å². The average molecular weight is 300 g/mol. The Morgan fingerprint density at radius 1 is 1.23 bits per heavy atom. The Hall–Kier alpha value is -2.53. The predicted octanol–water partition coefficient (Wildman–Crippen LogP) is 2.89. The number of carbonyl (C=O) groups excluding carboxylic acids is 1. The lowest BCUT2D eigenvalue weighted by atomic mass is 10.1. The van der Waals surface area contributed by atoms with Crippen LogP contribution in [-0.4, -0.2) is 36.7 Å². The molecule has 2 N–H and O–H groups in total. The highest BCUT2D eigenvalue weighted by Crippen LogP contribution is 2.20. The Labute approximate surface area is 130 Å². The van der Waals surface area contributed by atoms with Crippen LogP contribution in [0.5, 0.6) is 5.75 Å². The second-order valence-electron chi connectivity index (χ2n) is 4.97. The number of para-hydroxylation sites is 1. The molecule has 116 valence electrons. The van der Waals surface area contributed by atoms with Crippen molar-refractivity contribution >= 4 is 11.7 Å². The van der Waals surface area contributed by atoms with E-state index in [9.17, 15) is 9.90 Å². The maximum absolute atomic E-state index is 12.1. The van der Waals surface area contributed by atoms with Gasteiger partial charge in [0.25, 0.3) is 0 Å². The third-order valence-electron chi connectivity index (χ3n) is 3.30. The molecule has 0 fully saturated rings. The lowest BCUT2D eigenvalue weighted by molar-refractivity contribution is 0.136. The molecule has 0 aliphatic rings. The number of aliphatic hydroxyl groups excluding tert-OH is 1. The Morgan fingerprint density at radius 2 is 1.95 bits per heavy atom. The predicted molar refractivity (Wildman–Crippen MR) is 86.0 cm³/mol. The summed E-state index contributed by atoms with van der Waals surface area (Å²) >= 11 is 0. The van der Waals surface area contributed by atoms with Crippen molar-refractivity contribution in [2.24, 2.45) is 0 Å². The number of hydrogen-bond donors (Lipinski definition) is 2. The van der Waals surface area contributed by atoms with Gasteiger partial charge in [-0.25, -0.2) is 4.79 Å². The van der Waals surface area contributed by atoms with Crippen molar-refractivity contribution in [3.63, 3.8) is 0 Å². The Morgan fingerprint density at radius 3 is 2.64 bits per heavy atom. The van der Waals surface area contributed by atoms with E-state index in [0.29, 0.717) is 11.3 Å². The summed E-state index contributed by atoms with van der Waals surface area (Å²) in [5.41, 5.74) is 1.42. The second kappa shape index (κ2) is 7.47. The topological polar surface area (TPSA) is 61.8 Å². The van der Waals surface area contributed by atoms with Crippen molar-refractivity contribution in [2.45, 2.75) is 6.10 Å². The first-order chi connectivity index (χ1) is 10.6. The van der Waals surface area contributed by atoms with Crippen LogP contribution in [0.3, 0.4) is 0 Å². The number of ether oxygens (including phenoxy) is 1. The minimum absolute atomic E-state index is 0.186. The van der Waals surface area contributed by atoms with Crippen LogP contribution in [0.4, 0.5) is 10.5 Å². The summed E-state index contributed by atoms with van der Waals surface area (Å²) in [5, 5.41) is 13.0. The molecule has 0 radical (unpaired) electrons. The highest BCUT2D eigenvalue weighted by Gasteiger charge is 2.15. The van der Waals surface area contributed by atoms with Crippen LogP contribution in [-0.2, 0) is 0 Å². The van der Waals surface area contributed by atoms with Crippen molar-refractivity contribution in [1.82, 2.24) is 4.90 Å². The molecule has 0 aliphatic heterocycles. The molecule has 2 rings (SSSR count). The third-order valence-corrected chi connectivity index (χ3v) is 3.30. The van der Waals surface area contributed by atoms with Gasteiger partial charge in [0.1, 0.15) is 5.75 Å². The monoisotopic (exact) mass is 300 g/mol. The fourth-order valence-electron chi connectivity index (χ4n) is 2.04. The maximum atomic E-state index is 12.1. The number of urea groups is 1. The summed E-state index contributed by atoms with van der Waals surface area (Å²) in [7, 11) is 3.21. The first kappa shape index (κ1) is 15.9. The van der Waals surface area contributed by atoms with Gasteiger partial charge < -0.3 is 20.1 Å². The summed E-state index contributed by atoms with van der Waals surface area (Å²) in [6.45, 7) is 0.186. The molecule has 2 aromatic rings. The van der Waals surface area contributed by atoms with Crippen LogP contribution < -0.4 is 10.1 Å². The number of nitrogens with one attached hydrogen (secondary N) is 1. The maximum Gasteiger partial charge on any atom is 0.321 e. The molecule has 0 bridgehead atoms. The quantitative estimate of drug-likeness (QED) is 0.892. The summed E-state index contributed by atoms with van der Waals surface area (Å²) in [4.78, 5) is 13.5. The molecular formula is C17H20N2O3. The molecule has 1 atom stereocenters. The van der Waals surface area contributed by atoms with E-state index in [0.717, 1.165) is 5.69 Å². The van der Waals surface area contributed by atoms with Gasteiger partial charge in [0.15, 0.2) is 0 Å². The summed E-state index contributed by atoms with van der Waals surface area (Å²) in [6.07, 6.45) is -0.776. The van der Waals surface area contributed by atoms with Crippen molar-refractivity contribution in [1.29, 1.82) is 0 Å². The lowest BCUT2D eigenvalue weighted by Crippen LogP contribution is -2.34. The molecule has 0 aliphatic carbocycles. The summed E-state index contributed by atoms with van der Waals surface area (Å²) in [6, 6.07) is 16.1. The van der Waals surface area contributed by atoms with E-state index in [-0.39, 0.29) is 12.6 Å². The molecule has 5 nitrogen and oxygen atoms in total. The van der Waals surface area contributed by atoms with E-state index in [2.05, 4.69) is 5.32 Å². The van der Waals surface area contributed by atoms with Crippen LogP contribution in [0.1, 0.15) is 11.7 Å². The SMILES string of the molecule is COc1cccc(C(O)CN(C)C(=O)Nc2ccccc2)c1. The van der Waals surface area contributed by atoms with E-state index < -0.39 is 6.10 Å². The summed E-state index contributed by atoms with van der Waals surface area (Å²) < 4.78 is 5.13.